The maximum absolute atomic E-state index is 12.4. The van der Waals surface area contributed by atoms with E-state index in [0.29, 0.717) is 19.7 Å². The number of benzene rings is 1. The number of aromatic nitrogens is 2. The fraction of sp³-hybridized carbons (Fsp3) is 0.357. The van der Waals surface area contributed by atoms with Crippen LogP contribution in [0.3, 0.4) is 0 Å². The van der Waals surface area contributed by atoms with Crippen molar-refractivity contribution < 1.29 is 13.2 Å². The highest BCUT2D eigenvalue weighted by Crippen LogP contribution is 2.25. The number of hydrogen-bond acceptors (Lipinski definition) is 4. The maximum atomic E-state index is 12.4. The van der Waals surface area contributed by atoms with Gasteiger partial charge in [-0.2, -0.15) is 9.40 Å². The summed E-state index contributed by atoms with van der Waals surface area (Å²) >= 11 is 0. The number of rotatable bonds is 5. The van der Waals surface area contributed by atoms with Crippen LogP contribution in [0.2, 0.25) is 0 Å². The quantitative estimate of drug-likeness (QED) is 0.831. The minimum Gasteiger partial charge on any atom is -0.384 e. The molecule has 0 bridgehead atoms. The third-order valence-electron chi connectivity index (χ3n) is 3.54. The summed E-state index contributed by atoms with van der Waals surface area (Å²) in [5.74, 6) is 0.286. The maximum Gasteiger partial charge on any atom is 0.246 e. The molecule has 112 valence electrons. The first kappa shape index (κ1) is 14.2. The Kier molecular flexibility index (Phi) is 3.79. The highest BCUT2D eigenvalue weighted by Gasteiger charge is 2.37. The van der Waals surface area contributed by atoms with Gasteiger partial charge in [0.25, 0.3) is 0 Å². The van der Waals surface area contributed by atoms with Gasteiger partial charge in [0.1, 0.15) is 4.90 Å². The number of hydrogen-bond donors (Lipinski definition) is 0. The Labute approximate surface area is 124 Å². The zero-order valence-corrected chi connectivity index (χ0v) is 12.5. The molecule has 0 spiro atoms. The number of nitrogens with zero attached hydrogens (tertiary/aromatic N) is 3. The largest absolute Gasteiger partial charge is 0.384 e. The molecule has 0 radical (unpaired) electrons. The SMILES string of the molecule is COCC1CN(S(=O)(=O)c2cnn(-c3ccccc3)c2)C1. The zero-order chi connectivity index (χ0) is 14.9. The van der Waals surface area contributed by atoms with Gasteiger partial charge in [-0.05, 0) is 12.1 Å². The van der Waals surface area contributed by atoms with E-state index >= 15 is 0 Å². The fourth-order valence-electron chi connectivity index (χ4n) is 2.37. The van der Waals surface area contributed by atoms with E-state index in [1.165, 1.54) is 10.5 Å². The van der Waals surface area contributed by atoms with Crippen molar-refractivity contribution in [1.82, 2.24) is 14.1 Å². The van der Waals surface area contributed by atoms with Gasteiger partial charge in [0, 0.05) is 26.1 Å². The first-order chi connectivity index (χ1) is 10.1. The Morgan fingerprint density at radius 1 is 1.29 bits per heavy atom. The van der Waals surface area contributed by atoms with Crippen molar-refractivity contribution in [2.75, 3.05) is 26.8 Å². The summed E-state index contributed by atoms with van der Waals surface area (Å²) in [7, 11) is -1.82. The third-order valence-corrected chi connectivity index (χ3v) is 5.33. The van der Waals surface area contributed by atoms with Crippen LogP contribution in [0.4, 0.5) is 0 Å². The van der Waals surface area contributed by atoms with E-state index in [1.807, 2.05) is 30.3 Å². The summed E-state index contributed by atoms with van der Waals surface area (Å²) in [4.78, 5) is 0.224. The fourth-order valence-corrected chi connectivity index (χ4v) is 3.90. The zero-order valence-electron chi connectivity index (χ0n) is 11.7. The van der Waals surface area contributed by atoms with Crippen LogP contribution < -0.4 is 0 Å². The van der Waals surface area contributed by atoms with Gasteiger partial charge in [0.2, 0.25) is 10.0 Å². The molecule has 1 aromatic carbocycles. The first-order valence-electron chi connectivity index (χ1n) is 6.70. The van der Waals surface area contributed by atoms with Crippen molar-refractivity contribution in [2.45, 2.75) is 4.90 Å². The van der Waals surface area contributed by atoms with Crippen LogP contribution in [-0.4, -0.2) is 49.3 Å². The highest BCUT2D eigenvalue weighted by atomic mass is 32.2. The second kappa shape index (κ2) is 5.59. The summed E-state index contributed by atoms with van der Waals surface area (Å²) in [6.07, 6.45) is 2.94. The highest BCUT2D eigenvalue weighted by molar-refractivity contribution is 7.89. The minimum atomic E-state index is -3.45. The van der Waals surface area contributed by atoms with Crippen LogP contribution in [0.15, 0.2) is 47.6 Å². The standard InChI is InChI=1S/C14H17N3O3S/c1-20-11-12-8-16(9-12)21(18,19)14-7-15-17(10-14)13-5-3-2-4-6-13/h2-7,10,12H,8-9,11H2,1H3. The van der Waals surface area contributed by atoms with E-state index in [9.17, 15) is 8.42 Å². The number of ether oxygens (including phenoxy) is 1. The average Bonchev–Trinajstić information content (AvgIpc) is 2.93. The molecule has 1 aliphatic heterocycles. The monoisotopic (exact) mass is 307 g/mol. The predicted octanol–water partition coefficient (Wildman–Crippen LogP) is 1.14. The summed E-state index contributed by atoms with van der Waals surface area (Å²) in [5.41, 5.74) is 0.833. The van der Waals surface area contributed by atoms with Gasteiger partial charge >= 0.3 is 0 Å². The van der Waals surface area contributed by atoms with Gasteiger partial charge in [0.15, 0.2) is 0 Å². The lowest BCUT2D eigenvalue weighted by atomic mass is 10.1. The summed E-state index contributed by atoms with van der Waals surface area (Å²) in [6, 6.07) is 9.43. The topological polar surface area (TPSA) is 64.4 Å². The molecule has 0 N–H and O–H groups in total. The van der Waals surface area contributed by atoms with Crippen LogP contribution in [-0.2, 0) is 14.8 Å². The lowest BCUT2D eigenvalue weighted by Gasteiger charge is -2.37. The van der Waals surface area contributed by atoms with Crippen LogP contribution >= 0.6 is 0 Å². The molecule has 21 heavy (non-hydrogen) atoms. The van der Waals surface area contributed by atoms with Crippen molar-refractivity contribution in [3.05, 3.63) is 42.7 Å². The second-order valence-corrected chi connectivity index (χ2v) is 7.04. The molecule has 0 atom stereocenters. The Morgan fingerprint density at radius 2 is 2.00 bits per heavy atom. The van der Waals surface area contributed by atoms with Gasteiger partial charge in [-0.15, -0.1) is 0 Å². The smallest absolute Gasteiger partial charge is 0.246 e. The molecule has 6 nitrogen and oxygen atoms in total. The van der Waals surface area contributed by atoms with Gasteiger partial charge in [-0.3, -0.25) is 0 Å². The first-order valence-corrected chi connectivity index (χ1v) is 8.14. The van der Waals surface area contributed by atoms with Gasteiger partial charge in [0.05, 0.1) is 24.7 Å². The van der Waals surface area contributed by atoms with Crippen molar-refractivity contribution in [1.29, 1.82) is 0 Å². The molecule has 0 amide bonds. The van der Waals surface area contributed by atoms with Crippen molar-refractivity contribution in [2.24, 2.45) is 5.92 Å². The minimum absolute atomic E-state index is 0.224. The third kappa shape index (κ3) is 2.72. The van der Waals surface area contributed by atoms with Crippen LogP contribution in [0.25, 0.3) is 5.69 Å². The lowest BCUT2D eigenvalue weighted by molar-refractivity contribution is 0.0822. The summed E-state index contributed by atoms with van der Waals surface area (Å²) < 4.78 is 32.9. The molecule has 0 unspecified atom stereocenters. The van der Waals surface area contributed by atoms with Crippen LogP contribution in [0.1, 0.15) is 0 Å². The second-order valence-electron chi connectivity index (χ2n) is 5.10. The predicted molar refractivity (Wildman–Crippen MR) is 77.7 cm³/mol. The van der Waals surface area contributed by atoms with Crippen molar-refractivity contribution >= 4 is 10.0 Å². The van der Waals surface area contributed by atoms with Gasteiger partial charge < -0.3 is 4.74 Å². The molecule has 1 fully saturated rings. The van der Waals surface area contributed by atoms with Crippen LogP contribution in [0.5, 0.6) is 0 Å². The number of para-hydroxylation sites is 1. The molecule has 1 aromatic heterocycles. The Bertz CT molecular complexity index is 706. The lowest BCUT2D eigenvalue weighted by Crippen LogP contribution is -2.51. The molecule has 0 aliphatic carbocycles. The van der Waals surface area contributed by atoms with Gasteiger partial charge in [-0.25, -0.2) is 13.1 Å². The molecule has 2 aromatic rings. The van der Waals surface area contributed by atoms with Crippen molar-refractivity contribution in [3.8, 4) is 5.69 Å². The normalized spacial score (nSPS) is 16.8. The number of methoxy groups -OCH3 is 1. The van der Waals surface area contributed by atoms with Crippen LogP contribution in [0, 0.1) is 5.92 Å². The van der Waals surface area contributed by atoms with E-state index < -0.39 is 10.0 Å². The summed E-state index contributed by atoms with van der Waals surface area (Å²) in [6.45, 7) is 1.61. The average molecular weight is 307 g/mol. The molecule has 3 rings (SSSR count). The molecule has 1 saturated heterocycles. The van der Waals surface area contributed by atoms with E-state index in [0.717, 1.165) is 5.69 Å². The molecular weight excluding hydrogens is 290 g/mol. The number of sulfonamides is 1. The Balaban J connectivity index is 1.77. The van der Waals surface area contributed by atoms with E-state index in [1.54, 1.807) is 18.0 Å². The molecule has 0 saturated carbocycles. The summed E-state index contributed by atoms with van der Waals surface area (Å²) in [5, 5.41) is 4.14. The van der Waals surface area contributed by atoms with E-state index in [4.69, 9.17) is 4.74 Å². The molecule has 2 heterocycles. The molecule has 7 heteroatoms. The molecule has 1 aliphatic rings. The molecular formula is C14H17N3O3S. The van der Waals surface area contributed by atoms with Crippen molar-refractivity contribution in [3.63, 3.8) is 0 Å². The Hall–Kier alpha value is -1.70. The van der Waals surface area contributed by atoms with E-state index in [2.05, 4.69) is 5.10 Å². The van der Waals surface area contributed by atoms with Gasteiger partial charge in [-0.1, -0.05) is 18.2 Å². The Morgan fingerprint density at radius 3 is 2.67 bits per heavy atom. The van der Waals surface area contributed by atoms with E-state index in [-0.39, 0.29) is 10.8 Å².